The van der Waals surface area contributed by atoms with E-state index in [0.717, 1.165) is 17.8 Å². The molecule has 5 heteroatoms. The Morgan fingerprint density at radius 1 is 1.04 bits per heavy atom. The van der Waals surface area contributed by atoms with E-state index in [1.807, 2.05) is 41.3 Å². The van der Waals surface area contributed by atoms with Gasteiger partial charge in [0, 0.05) is 36.9 Å². The molecular formula is C20H21N3O2. The van der Waals surface area contributed by atoms with E-state index in [1.165, 1.54) is 11.1 Å². The molecule has 1 saturated heterocycles. The quantitative estimate of drug-likeness (QED) is 0.909. The minimum absolute atomic E-state index is 0.102. The highest BCUT2D eigenvalue weighted by molar-refractivity contribution is 5.96. The number of rotatable bonds is 2. The summed E-state index contributed by atoms with van der Waals surface area (Å²) in [5.41, 5.74) is 4.04. The molecule has 1 N–H and O–H groups in total. The molecule has 0 unspecified atom stereocenters. The lowest BCUT2D eigenvalue weighted by Crippen LogP contribution is -2.31. The van der Waals surface area contributed by atoms with Crippen LogP contribution in [-0.4, -0.2) is 22.9 Å². The molecule has 2 aromatic rings. The SMILES string of the molecule is C[C@H]1CCC(=O)N1c1ccc(NC(=O)N2Cc3ccccc3C2)cc1. The highest BCUT2D eigenvalue weighted by atomic mass is 16.2. The maximum Gasteiger partial charge on any atom is 0.322 e. The van der Waals surface area contributed by atoms with Gasteiger partial charge in [-0.05, 0) is 48.7 Å². The Bertz CT molecular complexity index is 791. The van der Waals surface area contributed by atoms with Crippen LogP contribution in [0.1, 0.15) is 30.9 Å². The van der Waals surface area contributed by atoms with Crippen molar-refractivity contribution < 1.29 is 9.59 Å². The van der Waals surface area contributed by atoms with Crippen LogP contribution in [0.25, 0.3) is 0 Å². The smallest absolute Gasteiger partial charge is 0.316 e. The monoisotopic (exact) mass is 335 g/mol. The van der Waals surface area contributed by atoms with E-state index in [-0.39, 0.29) is 18.0 Å². The zero-order valence-electron chi connectivity index (χ0n) is 14.2. The van der Waals surface area contributed by atoms with E-state index >= 15 is 0 Å². The summed E-state index contributed by atoms with van der Waals surface area (Å²) in [6.45, 7) is 3.34. The Labute approximate surface area is 147 Å². The van der Waals surface area contributed by atoms with Crippen LogP contribution in [0.4, 0.5) is 16.2 Å². The van der Waals surface area contributed by atoms with Gasteiger partial charge in [0.25, 0.3) is 0 Å². The van der Waals surface area contributed by atoms with Gasteiger partial charge in [0.1, 0.15) is 0 Å². The van der Waals surface area contributed by atoms with Crippen LogP contribution in [0.5, 0.6) is 0 Å². The number of nitrogens with one attached hydrogen (secondary N) is 1. The lowest BCUT2D eigenvalue weighted by molar-refractivity contribution is -0.117. The average Bonchev–Trinajstić information content (AvgIpc) is 3.19. The van der Waals surface area contributed by atoms with Crippen LogP contribution >= 0.6 is 0 Å². The summed E-state index contributed by atoms with van der Waals surface area (Å²) in [5, 5.41) is 2.94. The van der Waals surface area contributed by atoms with Gasteiger partial charge in [-0.1, -0.05) is 24.3 Å². The fraction of sp³-hybridized carbons (Fsp3) is 0.300. The van der Waals surface area contributed by atoms with Crippen molar-refractivity contribution >= 4 is 23.3 Å². The summed E-state index contributed by atoms with van der Waals surface area (Å²) < 4.78 is 0. The van der Waals surface area contributed by atoms with E-state index in [4.69, 9.17) is 0 Å². The van der Waals surface area contributed by atoms with Crippen LogP contribution in [0.3, 0.4) is 0 Å². The fourth-order valence-corrected chi connectivity index (χ4v) is 3.61. The largest absolute Gasteiger partial charge is 0.322 e. The van der Waals surface area contributed by atoms with Gasteiger partial charge in [-0.2, -0.15) is 0 Å². The maximum absolute atomic E-state index is 12.5. The molecule has 2 aromatic carbocycles. The normalized spacial score (nSPS) is 19.2. The first kappa shape index (κ1) is 15.7. The lowest BCUT2D eigenvalue weighted by Gasteiger charge is -2.22. The molecular weight excluding hydrogens is 314 g/mol. The number of amides is 3. The number of carbonyl (C=O) groups excluding carboxylic acids is 2. The Morgan fingerprint density at radius 3 is 2.24 bits per heavy atom. The second-order valence-electron chi connectivity index (χ2n) is 6.75. The van der Waals surface area contributed by atoms with Crippen LogP contribution in [0.2, 0.25) is 0 Å². The number of urea groups is 1. The highest BCUT2D eigenvalue weighted by Crippen LogP contribution is 2.28. The molecule has 0 aliphatic carbocycles. The molecule has 128 valence electrons. The molecule has 25 heavy (non-hydrogen) atoms. The molecule has 0 bridgehead atoms. The topological polar surface area (TPSA) is 52.7 Å². The minimum atomic E-state index is -0.102. The van der Waals surface area contributed by atoms with E-state index in [2.05, 4.69) is 24.4 Å². The Kier molecular flexibility index (Phi) is 3.92. The van der Waals surface area contributed by atoms with E-state index in [0.29, 0.717) is 19.5 Å². The number of carbonyl (C=O) groups is 2. The van der Waals surface area contributed by atoms with Crippen LogP contribution in [0.15, 0.2) is 48.5 Å². The molecule has 3 amide bonds. The van der Waals surface area contributed by atoms with Gasteiger partial charge in [0.2, 0.25) is 5.91 Å². The molecule has 5 nitrogen and oxygen atoms in total. The molecule has 2 aliphatic heterocycles. The standard InChI is InChI=1S/C20H21N3O2/c1-14-6-11-19(24)23(14)18-9-7-17(8-10-18)21-20(25)22-12-15-4-2-3-5-16(15)13-22/h2-5,7-10,14H,6,11-13H2,1H3,(H,21,25)/t14-/m0/s1. The van der Waals surface area contributed by atoms with Gasteiger partial charge in [-0.3, -0.25) is 4.79 Å². The Balaban J connectivity index is 1.42. The Morgan fingerprint density at radius 2 is 1.68 bits per heavy atom. The fourth-order valence-electron chi connectivity index (χ4n) is 3.61. The van der Waals surface area contributed by atoms with Gasteiger partial charge < -0.3 is 15.1 Å². The van der Waals surface area contributed by atoms with E-state index < -0.39 is 0 Å². The first-order valence-electron chi connectivity index (χ1n) is 8.66. The van der Waals surface area contributed by atoms with E-state index in [1.54, 1.807) is 4.90 Å². The van der Waals surface area contributed by atoms with Gasteiger partial charge in [-0.15, -0.1) is 0 Å². The molecule has 0 saturated carbocycles. The third-order valence-electron chi connectivity index (χ3n) is 5.01. The Hall–Kier alpha value is -2.82. The van der Waals surface area contributed by atoms with Crippen LogP contribution < -0.4 is 10.2 Å². The van der Waals surface area contributed by atoms with Gasteiger partial charge >= 0.3 is 6.03 Å². The highest BCUT2D eigenvalue weighted by Gasteiger charge is 2.28. The first-order valence-corrected chi connectivity index (χ1v) is 8.66. The van der Waals surface area contributed by atoms with Gasteiger partial charge in [0.15, 0.2) is 0 Å². The molecule has 2 aliphatic rings. The van der Waals surface area contributed by atoms with Crippen molar-refractivity contribution in [3.63, 3.8) is 0 Å². The number of hydrogen-bond acceptors (Lipinski definition) is 2. The molecule has 1 fully saturated rings. The molecule has 4 rings (SSSR count). The molecule has 0 radical (unpaired) electrons. The number of benzene rings is 2. The average molecular weight is 335 g/mol. The second-order valence-corrected chi connectivity index (χ2v) is 6.75. The van der Waals surface area contributed by atoms with Crippen molar-refractivity contribution in [3.8, 4) is 0 Å². The summed E-state index contributed by atoms with van der Waals surface area (Å²) in [7, 11) is 0. The number of anilines is 2. The predicted octanol–water partition coefficient (Wildman–Crippen LogP) is 3.75. The first-order chi connectivity index (χ1) is 12.1. The molecule has 2 heterocycles. The zero-order valence-corrected chi connectivity index (χ0v) is 14.2. The van der Waals surface area contributed by atoms with Crippen molar-refractivity contribution in [2.45, 2.75) is 38.9 Å². The van der Waals surface area contributed by atoms with Crippen molar-refractivity contribution in [3.05, 3.63) is 59.7 Å². The maximum atomic E-state index is 12.5. The van der Waals surface area contributed by atoms with Crippen molar-refractivity contribution in [1.29, 1.82) is 0 Å². The summed E-state index contributed by atoms with van der Waals surface area (Å²) in [5.74, 6) is 0.166. The summed E-state index contributed by atoms with van der Waals surface area (Å²) in [6.07, 6.45) is 1.50. The summed E-state index contributed by atoms with van der Waals surface area (Å²) in [6, 6.07) is 15.8. The number of fused-ring (bicyclic) bond motifs is 1. The third kappa shape index (κ3) is 2.97. The number of nitrogens with zero attached hydrogens (tertiary/aromatic N) is 2. The molecule has 0 aromatic heterocycles. The molecule has 0 spiro atoms. The zero-order chi connectivity index (χ0) is 17.4. The number of hydrogen-bond donors (Lipinski definition) is 1. The third-order valence-corrected chi connectivity index (χ3v) is 5.01. The van der Waals surface area contributed by atoms with Gasteiger partial charge in [0.05, 0.1) is 0 Å². The van der Waals surface area contributed by atoms with E-state index in [9.17, 15) is 9.59 Å². The summed E-state index contributed by atoms with van der Waals surface area (Å²) >= 11 is 0. The van der Waals surface area contributed by atoms with Crippen LogP contribution in [0, 0.1) is 0 Å². The van der Waals surface area contributed by atoms with Gasteiger partial charge in [-0.25, -0.2) is 4.79 Å². The minimum Gasteiger partial charge on any atom is -0.316 e. The summed E-state index contributed by atoms with van der Waals surface area (Å²) in [4.78, 5) is 28.1. The second kappa shape index (κ2) is 6.24. The predicted molar refractivity (Wildman–Crippen MR) is 97.3 cm³/mol. The van der Waals surface area contributed by atoms with Crippen molar-refractivity contribution in [2.75, 3.05) is 10.2 Å². The van der Waals surface area contributed by atoms with Crippen LogP contribution in [-0.2, 0) is 17.9 Å². The van der Waals surface area contributed by atoms with Crippen molar-refractivity contribution in [2.24, 2.45) is 0 Å². The molecule has 1 atom stereocenters. The van der Waals surface area contributed by atoms with Crippen molar-refractivity contribution in [1.82, 2.24) is 4.90 Å². The lowest BCUT2D eigenvalue weighted by atomic mass is 10.1.